The highest BCUT2D eigenvalue weighted by Crippen LogP contribution is 2.14. The second-order valence-corrected chi connectivity index (χ2v) is 6.36. The van der Waals surface area contributed by atoms with Gasteiger partial charge < -0.3 is 10.1 Å². The van der Waals surface area contributed by atoms with Crippen LogP contribution in [-0.4, -0.2) is 22.8 Å². The second-order valence-electron chi connectivity index (χ2n) is 5.92. The maximum atomic E-state index is 12.1. The van der Waals surface area contributed by atoms with Gasteiger partial charge in [0.05, 0.1) is 13.7 Å². The number of nitrogens with one attached hydrogen (secondary N) is 1. The lowest BCUT2D eigenvalue weighted by Crippen LogP contribution is -2.13. The molecule has 1 amide bonds. The Labute approximate surface area is 157 Å². The zero-order chi connectivity index (χ0) is 18.4. The van der Waals surface area contributed by atoms with Crippen molar-refractivity contribution < 1.29 is 9.53 Å². The summed E-state index contributed by atoms with van der Waals surface area (Å²) in [6, 6.07) is 17.1. The van der Waals surface area contributed by atoms with Gasteiger partial charge in [-0.25, -0.2) is 0 Å². The van der Waals surface area contributed by atoms with Crippen molar-refractivity contribution in [3.8, 4) is 5.75 Å². The first-order chi connectivity index (χ1) is 12.6. The van der Waals surface area contributed by atoms with Crippen molar-refractivity contribution in [2.75, 3.05) is 12.4 Å². The van der Waals surface area contributed by atoms with E-state index >= 15 is 0 Å². The molecule has 3 aromatic rings. The molecule has 0 bridgehead atoms. The van der Waals surface area contributed by atoms with E-state index in [2.05, 4.69) is 10.4 Å². The van der Waals surface area contributed by atoms with E-state index in [4.69, 9.17) is 16.3 Å². The maximum Gasteiger partial charge on any atom is 0.225 e. The van der Waals surface area contributed by atoms with E-state index in [9.17, 15) is 4.79 Å². The van der Waals surface area contributed by atoms with E-state index in [0.717, 1.165) is 16.9 Å². The molecule has 0 fully saturated rings. The molecule has 0 unspecified atom stereocenters. The highest BCUT2D eigenvalue weighted by atomic mass is 35.5. The lowest BCUT2D eigenvalue weighted by Gasteiger charge is -2.05. The van der Waals surface area contributed by atoms with Crippen LogP contribution in [0.4, 0.5) is 5.82 Å². The molecule has 26 heavy (non-hydrogen) atoms. The third-order valence-electron chi connectivity index (χ3n) is 3.97. The van der Waals surface area contributed by atoms with E-state index in [1.54, 1.807) is 17.9 Å². The Morgan fingerprint density at radius 1 is 1.08 bits per heavy atom. The molecule has 0 saturated heterocycles. The van der Waals surface area contributed by atoms with Crippen LogP contribution in [0.2, 0.25) is 5.02 Å². The van der Waals surface area contributed by atoms with E-state index in [0.29, 0.717) is 30.2 Å². The summed E-state index contributed by atoms with van der Waals surface area (Å²) in [4.78, 5) is 12.1. The third kappa shape index (κ3) is 5.10. The van der Waals surface area contributed by atoms with Gasteiger partial charge in [-0.3, -0.25) is 9.48 Å². The molecule has 0 aliphatic rings. The molecular formula is C20H20ClN3O2. The number of rotatable bonds is 7. The number of nitrogens with zero attached hydrogens (tertiary/aromatic N) is 2. The fraction of sp³-hybridized carbons (Fsp3) is 0.200. The van der Waals surface area contributed by atoms with Crippen molar-refractivity contribution >= 4 is 23.3 Å². The Hall–Kier alpha value is -2.79. The molecule has 3 rings (SSSR count). The van der Waals surface area contributed by atoms with Crippen LogP contribution in [-0.2, 0) is 17.8 Å². The average Bonchev–Trinajstić information content (AvgIpc) is 3.09. The average molecular weight is 370 g/mol. The van der Waals surface area contributed by atoms with Crippen molar-refractivity contribution in [2.45, 2.75) is 19.4 Å². The number of benzene rings is 2. The number of carbonyl (C=O) groups is 1. The Bertz CT molecular complexity index is 858. The van der Waals surface area contributed by atoms with Crippen LogP contribution in [0.5, 0.6) is 5.75 Å². The number of ether oxygens (including phenoxy) is 1. The van der Waals surface area contributed by atoms with Gasteiger partial charge in [-0.2, -0.15) is 5.10 Å². The lowest BCUT2D eigenvalue weighted by atomic mass is 10.1. The van der Waals surface area contributed by atoms with Crippen LogP contribution < -0.4 is 10.1 Å². The van der Waals surface area contributed by atoms with Gasteiger partial charge in [0.25, 0.3) is 0 Å². The summed E-state index contributed by atoms with van der Waals surface area (Å²) in [5.41, 5.74) is 2.18. The summed E-state index contributed by atoms with van der Waals surface area (Å²) < 4.78 is 6.91. The first kappa shape index (κ1) is 18.0. The number of aromatic nitrogens is 2. The number of amides is 1. The number of methoxy groups -OCH3 is 1. The molecule has 5 nitrogen and oxygen atoms in total. The molecule has 0 spiro atoms. The topological polar surface area (TPSA) is 56.1 Å². The van der Waals surface area contributed by atoms with Gasteiger partial charge in [0, 0.05) is 23.7 Å². The number of carbonyl (C=O) groups excluding carboxylic acids is 1. The van der Waals surface area contributed by atoms with E-state index in [1.165, 1.54) is 0 Å². The summed E-state index contributed by atoms with van der Waals surface area (Å²) in [6.07, 6.45) is 2.91. The van der Waals surface area contributed by atoms with Crippen molar-refractivity contribution in [3.63, 3.8) is 0 Å². The first-order valence-corrected chi connectivity index (χ1v) is 8.71. The first-order valence-electron chi connectivity index (χ1n) is 8.33. The van der Waals surface area contributed by atoms with Gasteiger partial charge in [-0.05, 0) is 41.8 Å². The monoisotopic (exact) mass is 369 g/mol. The summed E-state index contributed by atoms with van der Waals surface area (Å²) in [7, 11) is 1.63. The molecule has 0 saturated carbocycles. The van der Waals surface area contributed by atoms with Crippen molar-refractivity contribution in [1.29, 1.82) is 0 Å². The molecule has 1 heterocycles. The van der Waals surface area contributed by atoms with Crippen molar-refractivity contribution in [2.24, 2.45) is 0 Å². The molecule has 2 aromatic carbocycles. The predicted octanol–water partition coefficient (Wildman–Crippen LogP) is 4.16. The summed E-state index contributed by atoms with van der Waals surface area (Å²) in [5, 5.41) is 7.92. The normalized spacial score (nSPS) is 10.5. The van der Waals surface area contributed by atoms with Gasteiger partial charge in [0.15, 0.2) is 5.82 Å². The zero-order valence-electron chi connectivity index (χ0n) is 14.5. The molecule has 0 aliphatic heterocycles. The number of hydrogen-bond donors (Lipinski definition) is 1. The minimum absolute atomic E-state index is 0.0578. The second kappa shape index (κ2) is 8.54. The van der Waals surface area contributed by atoms with Gasteiger partial charge in [-0.15, -0.1) is 0 Å². The lowest BCUT2D eigenvalue weighted by molar-refractivity contribution is -0.116. The molecule has 0 atom stereocenters. The van der Waals surface area contributed by atoms with Crippen LogP contribution in [0, 0.1) is 0 Å². The third-order valence-corrected chi connectivity index (χ3v) is 4.22. The molecule has 0 radical (unpaired) electrons. The number of aryl methyl sites for hydroxylation is 1. The number of hydrogen-bond acceptors (Lipinski definition) is 3. The summed E-state index contributed by atoms with van der Waals surface area (Å²) in [6.45, 7) is 0.624. The fourth-order valence-electron chi connectivity index (χ4n) is 2.55. The Morgan fingerprint density at radius 3 is 2.46 bits per heavy atom. The predicted molar refractivity (Wildman–Crippen MR) is 103 cm³/mol. The van der Waals surface area contributed by atoms with Crippen LogP contribution in [0.25, 0.3) is 0 Å². The van der Waals surface area contributed by atoms with Crippen LogP contribution in [0.15, 0.2) is 60.8 Å². The largest absolute Gasteiger partial charge is 0.497 e. The Kier molecular flexibility index (Phi) is 5.92. The van der Waals surface area contributed by atoms with Gasteiger partial charge >= 0.3 is 0 Å². The fourth-order valence-corrected chi connectivity index (χ4v) is 2.67. The molecule has 6 heteroatoms. The highest BCUT2D eigenvalue weighted by molar-refractivity contribution is 6.30. The minimum Gasteiger partial charge on any atom is -0.497 e. The van der Waals surface area contributed by atoms with E-state index in [1.807, 2.05) is 54.7 Å². The quantitative estimate of drug-likeness (QED) is 0.680. The standard InChI is InChI=1S/C20H20ClN3O2/c1-26-18-9-4-15(5-10-18)6-11-20(25)22-19-12-13-24(23-19)14-16-2-7-17(21)8-3-16/h2-5,7-10,12-13H,6,11,14H2,1H3,(H,22,23,25). The van der Waals surface area contributed by atoms with Crippen LogP contribution in [0.1, 0.15) is 17.5 Å². The van der Waals surface area contributed by atoms with Crippen LogP contribution >= 0.6 is 11.6 Å². The Morgan fingerprint density at radius 2 is 1.77 bits per heavy atom. The van der Waals surface area contributed by atoms with Crippen molar-refractivity contribution in [1.82, 2.24) is 9.78 Å². The smallest absolute Gasteiger partial charge is 0.225 e. The maximum absolute atomic E-state index is 12.1. The van der Waals surface area contributed by atoms with Gasteiger partial charge in [0.2, 0.25) is 5.91 Å². The number of halogens is 1. The summed E-state index contributed by atoms with van der Waals surface area (Å²) in [5.74, 6) is 1.31. The molecule has 134 valence electrons. The zero-order valence-corrected chi connectivity index (χ0v) is 15.2. The van der Waals surface area contributed by atoms with Crippen LogP contribution in [0.3, 0.4) is 0 Å². The molecule has 1 N–H and O–H groups in total. The molecule has 1 aromatic heterocycles. The Balaban J connectivity index is 1.49. The van der Waals surface area contributed by atoms with E-state index < -0.39 is 0 Å². The SMILES string of the molecule is COc1ccc(CCC(=O)Nc2ccn(Cc3ccc(Cl)cc3)n2)cc1. The molecule has 0 aliphatic carbocycles. The molecular weight excluding hydrogens is 350 g/mol. The van der Waals surface area contributed by atoms with Crippen molar-refractivity contribution in [3.05, 3.63) is 76.9 Å². The van der Waals surface area contributed by atoms with E-state index in [-0.39, 0.29) is 5.91 Å². The van der Waals surface area contributed by atoms with Gasteiger partial charge in [-0.1, -0.05) is 35.9 Å². The highest BCUT2D eigenvalue weighted by Gasteiger charge is 2.06. The number of anilines is 1. The summed E-state index contributed by atoms with van der Waals surface area (Å²) >= 11 is 5.89. The minimum atomic E-state index is -0.0578. The van der Waals surface area contributed by atoms with Gasteiger partial charge in [0.1, 0.15) is 5.75 Å².